The number of carbonyl (C=O) groups excluding carboxylic acids is 1. The third-order valence-electron chi connectivity index (χ3n) is 3.16. The first-order chi connectivity index (χ1) is 9.78. The topological polar surface area (TPSA) is 81.3 Å². The van der Waals surface area contributed by atoms with Crippen molar-refractivity contribution in [2.75, 3.05) is 18.0 Å². The Kier molecular flexibility index (Phi) is 8.86. The van der Waals surface area contributed by atoms with Gasteiger partial charge in [-0.05, 0) is 18.2 Å². The van der Waals surface area contributed by atoms with Crippen molar-refractivity contribution in [2.45, 2.75) is 6.10 Å². The second kappa shape index (κ2) is 9.52. The van der Waals surface area contributed by atoms with Crippen molar-refractivity contribution in [3.8, 4) is 11.1 Å². The average molecular weight is 380 g/mol. The van der Waals surface area contributed by atoms with E-state index in [1.165, 1.54) is 4.90 Å². The summed E-state index contributed by atoms with van der Waals surface area (Å²) >= 11 is 0. The highest BCUT2D eigenvalue weighted by molar-refractivity contribution is 5.88. The molecular formula is C14H17Cl3N4O2. The van der Waals surface area contributed by atoms with Crippen molar-refractivity contribution < 1.29 is 9.53 Å². The molecule has 1 aliphatic heterocycles. The van der Waals surface area contributed by atoms with E-state index in [2.05, 4.69) is 9.97 Å². The molecular weight excluding hydrogens is 363 g/mol. The molecule has 9 heteroatoms. The Morgan fingerprint density at radius 1 is 1.17 bits per heavy atom. The largest absolute Gasteiger partial charge is 0.443 e. The van der Waals surface area contributed by atoms with Gasteiger partial charge in [-0.2, -0.15) is 0 Å². The fourth-order valence-electron chi connectivity index (χ4n) is 2.08. The predicted octanol–water partition coefficient (Wildman–Crippen LogP) is 2.69. The number of pyridine rings is 2. The summed E-state index contributed by atoms with van der Waals surface area (Å²) < 4.78 is 5.10. The number of rotatable bonds is 3. The van der Waals surface area contributed by atoms with Gasteiger partial charge < -0.3 is 10.5 Å². The Morgan fingerprint density at radius 3 is 2.43 bits per heavy atom. The van der Waals surface area contributed by atoms with E-state index in [9.17, 15) is 4.79 Å². The second-order valence-electron chi connectivity index (χ2n) is 4.50. The summed E-state index contributed by atoms with van der Waals surface area (Å²) in [5, 5.41) is 0. The van der Waals surface area contributed by atoms with Crippen molar-refractivity contribution in [1.29, 1.82) is 0 Å². The first-order valence-electron chi connectivity index (χ1n) is 6.32. The summed E-state index contributed by atoms with van der Waals surface area (Å²) in [5.41, 5.74) is 7.44. The van der Waals surface area contributed by atoms with Crippen molar-refractivity contribution >= 4 is 49.1 Å². The van der Waals surface area contributed by atoms with Crippen LogP contribution < -0.4 is 10.6 Å². The molecule has 1 atom stereocenters. The SMILES string of the molecule is Cl.Cl.Cl.NC[C@H]1CN(c2ccc(-c3cccnc3)cn2)C(=O)O1. The minimum atomic E-state index is -0.401. The first kappa shape index (κ1) is 21.4. The van der Waals surface area contributed by atoms with Crippen LogP contribution in [-0.2, 0) is 4.74 Å². The molecule has 2 N–H and O–H groups in total. The molecule has 126 valence electrons. The maximum Gasteiger partial charge on any atom is 0.415 e. The van der Waals surface area contributed by atoms with Crippen LogP contribution >= 0.6 is 37.2 Å². The lowest BCUT2D eigenvalue weighted by Gasteiger charge is -2.12. The molecule has 0 radical (unpaired) electrons. The molecule has 1 fully saturated rings. The highest BCUT2D eigenvalue weighted by Crippen LogP contribution is 2.23. The van der Waals surface area contributed by atoms with Gasteiger partial charge in [0.2, 0.25) is 0 Å². The molecule has 23 heavy (non-hydrogen) atoms. The van der Waals surface area contributed by atoms with Crippen LogP contribution in [0.2, 0.25) is 0 Å². The number of hydrogen-bond acceptors (Lipinski definition) is 5. The third-order valence-corrected chi connectivity index (χ3v) is 3.16. The standard InChI is InChI=1S/C14H14N4O2.3ClH/c15-6-12-9-18(14(19)20-12)13-4-3-11(8-17-13)10-2-1-5-16-7-10;;;/h1-5,7-8,12H,6,9,15H2;3*1H/t12-;;;/m0.../s1. The molecule has 0 unspecified atom stereocenters. The van der Waals surface area contributed by atoms with E-state index in [4.69, 9.17) is 10.5 Å². The molecule has 0 spiro atoms. The Morgan fingerprint density at radius 2 is 1.91 bits per heavy atom. The lowest BCUT2D eigenvalue weighted by molar-refractivity contribution is 0.145. The Labute approximate surface area is 152 Å². The van der Waals surface area contributed by atoms with Crippen LogP contribution in [0.5, 0.6) is 0 Å². The molecule has 3 heterocycles. The predicted molar refractivity (Wildman–Crippen MR) is 95.9 cm³/mol. The maximum atomic E-state index is 11.7. The summed E-state index contributed by atoms with van der Waals surface area (Å²) in [5.74, 6) is 0.568. The minimum absolute atomic E-state index is 0. The van der Waals surface area contributed by atoms with Crippen LogP contribution in [0.1, 0.15) is 0 Å². The molecule has 0 aliphatic carbocycles. The Bertz CT molecular complexity index is 613. The van der Waals surface area contributed by atoms with Crippen LogP contribution in [0.15, 0.2) is 42.9 Å². The van der Waals surface area contributed by atoms with Crippen LogP contribution in [0.3, 0.4) is 0 Å². The molecule has 3 rings (SSSR count). The molecule has 1 aliphatic rings. The zero-order chi connectivity index (χ0) is 13.9. The Hall–Kier alpha value is -1.60. The number of nitrogens with two attached hydrogens (primary N) is 1. The fourth-order valence-corrected chi connectivity index (χ4v) is 2.08. The average Bonchev–Trinajstić information content (AvgIpc) is 2.89. The number of ether oxygens (including phenoxy) is 1. The molecule has 1 amide bonds. The first-order valence-corrected chi connectivity index (χ1v) is 6.32. The summed E-state index contributed by atoms with van der Waals surface area (Å²) in [6, 6.07) is 7.52. The van der Waals surface area contributed by atoms with Crippen LogP contribution in [0.25, 0.3) is 11.1 Å². The summed E-state index contributed by atoms with van der Waals surface area (Å²) in [7, 11) is 0. The lowest BCUT2D eigenvalue weighted by Crippen LogP contribution is -2.27. The van der Waals surface area contributed by atoms with Gasteiger partial charge in [-0.1, -0.05) is 6.07 Å². The number of aromatic nitrogens is 2. The van der Waals surface area contributed by atoms with Crippen LogP contribution in [-0.4, -0.2) is 35.3 Å². The fraction of sp³-hybridized carbons (Fsp3) is 0.214. The van der Waals surface area contributed by atoms with Gasteiger partial charge >= 0.3 is 6.09 Å². The van der Waals surface area contributed by atoms with Gasteiger partial charge in [0.05, 0.1) is 6.54 Å². The van der Waals surface area contributed by atoms with Gasteiger partial charge in [-0.3, -0.25) is 9.88 Å². The highest BCUT2D eigenvalue weighted by atomic mass is 35.5. The van der Waals surface area contributed by atoms with E-state index in [1.54, 1.807) is 24.7 Å². The second-order valence-corrected chi connectivity index (χ2v) is 4.50. The Balaban J connectivity index is 0.00000161. The maximum absolute atomic E-state index is 11.7. The van der Waals surface area contributed by atoms with Gasteiger partial charge in [-0.15, -0.1) is 37.2 Å². The number of amides is 1. The van der Waals surface area contributed by atoms with Crippen LogP contribution in [0.4, 0.5) is 10.6 Å². The molecule has 0 aromatic carbocycles. The van der Waals surface area contributed by atoms with Crippen molar-refractivity contribution in [3.63, 3.8) is 0 Å². The molecule has 6 nitrogen and oxygen atoms in total. The van der Waals surface area contributed by atoms with Gasteiger partial charge in [0.25, 0.3) is 0 Å². The van der Waals surface area contributed by atoms with E-state index < -0.39 is 6.09 Å². The van der Waals surface area contributed by atoms with Crippen LogP contribution in [0, 0.1) is 0 Å². The van der Waals surface area contributed by atoms with Crippen molar-refractivity contribution in [3.05, 3.63) is 42.9 Å². The summed E-state index contributed by atoms with van der Waals surface area (Å²) in [6.45, 7) is 0.755. The molecule has 2 aromatic rings. The van der Waals surface area contributed by atoms with E-state index in [1.807, 2.05) is 18.2 Å². The quantitative estimate of drug-likeness (QED) is 0.886. The zero-order valence-corrected chi connectivity index (χ0v) is 14.4. The summed E-state index contributed by atoms with van der Waals surface area (Å²) in [4.78, 5) is 21.6. The number of anilines is 1. The van der Waals surface area contributed by atoms with E-state index in [0.717, 1.165) is 11.1 Å². The number of nitrogens with zero attached hydrogens (tertiary/aromatic N) is 3. The normalized spacial score (nSPS) is 15.8. The number of hydrogen-bond donors (Lipinski definition) is 1. The van der Waals surface area contributed by atoms with E-state index in [-0.39, 0.29) is 43.3 Å². The minimum Gasteiger partial charge on any atom is -0.443 e. The number of halogens is 3. The zero-order valence-electron chi connectivity index (χ0n) is 12.0. The van der Waals surface area contributed by atoms with Crippen molar-refractivity contribution in [2.24, 2.45) is 5.73 Å². The van der Waals surface area contributed by atoms with Gasteiger partial charge in [0.15, 0.2) is 0 Å². The van der Waals surface area contributed by atoms with Gasteiger partial charge in [0, 0.05) is 36.3 Å². The lowest BCUT2D eigenvalue weighted by atomic mass is 10.1. The smallest absolute Gasteiger partial charge is 0.415 e. The van der Waals surface area contributed by atoms with Gasteiger partial charge in [-0.25, -0.2) is 9.78 Å². The molecule has 1 saturated heterocycles. The molecule has 2 aromatic heterocycles. The van der Waals surface area contributed by atoms with Crippen molar-refractivity contribution in [1.82, 2.24) is 9.97 Å². The monoisotopic (exact) mass is 378 g/mol. The third kappa shape index (κ3) is 4.68. The van der Waals surface area contributed by atoms with E-state index in [0.29, 0.717) is 18.9 Å². The molecule has 0 bridgehead atoms. The number of carbonyl (C=O) groups is 1. The van der Waals surface area contributed by atoms with Gasteiger partial charge in [0.1, 0.15) is 11.9 Å². The van der Waals surface area contributed by atoms with E-state index >= 15 is 0 Å². The summed E-state index contributed by atoms with van der Waals surface area (Å²) in [6.07, 6.45) is 4.54. The highest BCUT2D eigenvalue weighted by Gasteiger charge is 2.32. The number of cyclic esters (lactones) is 1. The molecule has 0 saturated carbocycles.